The van der Waals surface area contributed by atoms with Crippen molar-refractivity contribution in [3.63, 3.8) is 0 Å². The van der Waals surface area contributed by atoms with Gasteiger partial charge in [0.15, 0.2) is 0 Å². The van der Waals surface area contributed by atoms with Gasteiger partial charge in [0.05, 0.1) is 33.5 Å². The third-order valence-corrected chi connectivity index (χ3v) is 12.6. The topological polar surface area (TPSA) is 21.3 Å². The Balaban J connectivity index is 1.23. The zero-order chi connectivity index (χ0) is 38.5. The van der Waals surface area contributed by atoms with Crippen molar-refractivity contribution in [1.82, 2.24) is 4.57 Å². The molecule has 2 heterocycles. The second kappa shape index (κ2) is 12.3. The predicted octanol–water partition coefficient (Wildman–Crippen LogP) is 15.3. The number of nitrogens with zero attached hydrogens (tertiary/aromatic N) is 2. The molecule has 3 heteroatoms. The van der Waals surface area contributed by atoms with E-state index in [1.54, 1.807) is 0 Å². The molecule has 0 saturated carbocycles. The van der Waals surface area contributed by atoms with Gasteiger partial charge >= 0.3 is 0 Å². The summed E-state index contributed by atoms with van der Waals surface area (Å²) in [5.41, 5.74) is 15.8. The summed E-state index contributed by atoms with van der Waals surface area (Å²) in [6.45, 7) is 4.72. The van der Waals surface area contributed by atoms with Gasteiger partial charge < -0.3 is 13.9 Å². The number of hydrogen-bond acceptors (Lipinski definition) is 2. The maximum atomic E-state index is 6.98. The highest BCUT2D eigenvalue weighted by Gasteiger charge is 2.38. The minimum absolute atomic E-state index is 0.166. The summed E-state index contributed by atoms with van der Waals surface area (Å²) in [4.78, 5) is 2.54. The molecule has 11 aromatic rings. The number of rotatable bonds is 5. The van der Waals surface area contributed by atoms with Crippen LogP contribution in [0.1, 0.15) is 25.0 Å². The largest absolute Gasteiger partial charge is 0.455 e. The molecule has 0 bridgehead atoms. The first-order valence-electron chi connectivity index (χ1n) is 20.1. The Morgan fingerprint density at radius 1 is 0.466 bits per heavy atom. The zero-order valence-electron chi connectivity index (χ0n) is 32.3. The van der Waals surface area contributed by atoms with Crippen LogP contribution in [0.5, 0.6) is 0 Å². The Kier molecular flexibility index (Phi) is 6.98. The molecule has 2 aromatic heterocycles. The van der Waals surface area contributed by atoms with E-state index >= 15 is 0 Å². The van der Waals surface area contributed by atoms with Gasteiger partial charge in [-0.05, 0) is 93.7 Å². The average molecular weight is 743 g/mol. The molecule has 0 atom stereocenters. The van der Waals surface area contributed by atoms with Crippen LogP contribution in [0.4, 0.5) is 17.1 Å². The third kappa shape index (κ3) is 4.62. The molecule has 3 nitrogen and oxygen atoms in total. The van der Waals surface area contributed by atoms with Crippen LogP contribution in [0.2, 0.25) is 0 Å². The van der Waals surface area contributed by atoms with E-state index in [0.29, 0.717) is 0 Å². The van der Waals surface area contributed by atoms with Crippen LogP contribution < -0.4 is 4.90 Å². The smallest absolute Gasteiger partial charge is 0.145 e. The fourth-order valence-electron chi connectivity index (χ4n) is 9.93. The van der Waals surface area contributed by atoms with Gasteiger partial charge in [-0.1, -0.05) is 147 Å². The minimum atomic E-state index is -0.166. The van der Waals surface area contributed by atoms with Crippen LogP contribution in [-0.2, 0) is 5.41 Å². The SMILES string of the molecule is CC1(C)c2ccccc2-c2c(N(c3ccc(-c4ccc5ccccc5c4)c4oc5ccccc5c34)c3cccc4c3c3ccccc3n4-c3ccccc3)cccc21. The number of fused-ring (bicyclic) bond motifs is 10. The van der Waals surface area contributed by atoms with Crippen LogP contribution >= 0.6 is 0 Å². The number of benzene rings is 9. The van der Waals surface area contributed by atoms with E-state index in [9.17, 15) is 0 Å². The molecule has 0 radical (unpaired) electrons. The highest BCUT2D eigenvalue weighted by Crippen LogP contribution is 2.56. The van der Waals surface area contributed by atoms with Crippen LogP contribution in [0.25, 0.3) is 82.5 Å². The van der Waals surface area contributed by atoms with E-state index in [-0.39, 0.29) is 5.41 Å². The van der Waals surface area contributed by atoms with Gasteiger partial charge in [0, 0.05) is 38.4 Å². The molecule has 12 rings (SSSR count). The third-order valence-electron chi connectivity index (χ3n) is 12.6. The van der Waals surface area contributed by atoms with Crippen LogP contribution in [-0.4, -0.2) is 4.57 Å². The fourth-order valence-corrected chi connectivity index (χ4v) is 9.93. The quantitative estimate of drug-likeness (QED) is 0.175. The molecule has 0 spiro atoms. The fraction of sp³-hybridized carbons (Fsp3) is 0.0545. The number of furan rings is 1. The normalized spacial score (nSPS) is 13.1. The Labute approximate surface area is 336 Å². The van der Waals surface area contributed by atoms with Crippen molar-refractivity contribution in [3.05, 3.63) is 205 Å². The Bertz CT molecular complexity index is 3440. The van der Waals surface area contributed by atoms with Gasteiger partial charge in [-0.25, -0.2) is 0 Å². The lowest BCUT2D eigenvalue weighted by atomic mass is 9.82. The molecule has 58 heavy (non-hydrogen) atoms. The molecule has 9 aromatic carbocycles. The number of anilines is 3. The van der Waals surface area contributed by atoms with Crippen molar-refractivity contribution in [1.29, 1.82) is 0 Å². The van der Waals surface area contributed by atoms with E-state index < -0.39 is 0 Å². The Morgan fingerprint density at radius 3 is 2.03 bits per heavy atom. The summed E-state index contributed by atoms with van der Waals surface area (Å²) in [5, 5.41) is 7.01. The summed E-state index contributed by atoms with van der Waals surface area (Å²) in [6.07, 6.45) is 0. The Morgan fingerprint density at radius 2 is 1.14 bits per heavy atom. The van der Waals surface area contributed by atoms with Gasteiger partial charge in [-0.2, -0.15) is 0 Å². The number of hydrogen-bond donors (Lipinski definition) is 0. The first kappa shape index (κ1) is 32.8. The minimum Gasteiger partial charge on any atom is -0.455 e. The molecule has 0 aliphatic heterocycles. The van der Waals surface area contributed by atoms with E-state index in [0.717, 1.165) is 61.3 Å². The van der Waals surface area contributed by atoms with Crippen molar-refractivity contribution in [2.45, 2.75) is 19.3 Å². The number of para-hydroxylation sites is 3. The number of aromatic nitrogens is 1. The molecule has 1 aliphatic rings. The zero-order valence-corrected chi connectivity index (χ0v) is 32.3. The maximum Gasteiger partial charge on any atom is 0.145 e. The molecule has 1 aliphatic carbocycles. The second-order valence-corrected chi connectivity index (χ2v) is 16.1. The molecule has 0 unspecified atom stereocenters. The lowest BCUT2D eigenvalue weighted by Crippen LogP contribution is -2.16. The van der Waals surface area contributed by atoms with Crippen LogP contribution in [0.3, 0.4) is 0 Å². The van der Waals surface area contributed by atoms with Gasteiger partial charge in [0.2, 0.25) is 0 Å². The van der Waals surface area contributed by atoms with E-state index in [1.165, 1.54) is 49.3 Å². The second-order valence-electron chi connectivity index (χ2n) is 16.1. The molecule has 0 amide bonds. The monoisotopic (exact) mass is 742 g/mol. The summed E-state index contributed by atoms with van der Waals surface area (Å²) < 4.78 is 9.39. The highest BCUT2D eigenvalue weighted by atomic mass is 16.3. The first-order chi connectivity index (χ1) is 28.6. The molecular formula is C55H38N2O. The predicted molar refractivity (Wildman–Crippen MR) is 243 cm³/mol. The lowest BCUT2D eigenvalue weighted by Gasteiger charge is -2.30. The lowest BCUT2D eigenvalue weighted by molar-refractivity contribution is 0.660. The standard InChI is InChI=1S/C55H38N2O/c1-55(2)43-23-11-8-20-40(43)51-44(55)24-14-26-46(51)57(48-28-15-27-47-52(48)41-21-9-12-25-45(41)56(47)38-18-4-3-5-19-38)49-33-32-39(37-31-30-35-16-6-7-17-36(35)34-37)54-53(49)42-22-10-13-29-50(42)58-54/h3-34H,1-2H3. The molecule has 0 N–H and O–H groups in total. The van der Waals surface area contributed by atoms with Gasteiger partial charge in [0.1, 0.15) is 11.2 Å². The van der Waals surface area contributed by atoms with Crippen molar-refractivity contribution >= 4 is 71.6 Å². The first-order valence-corrected chi connectivity index (χ1v) is 20.1. The summed E-state index contributed by atoms with van der Waals surface area (Å²) in [6, 6.07) is 70.6. The van der Waals surface area contributed by atoms with Crippen molar-refractivity contribution in [2.24, 2.45) is 0 Å². The average Bonchev–Trinajstić information content (AvgIpc) is 3.91. The van der Waals surface area contributed by atoms with Crippen molar-refractivity contribution in [3.8, 4) is 27.9 Å². The summed E-state index contributed by atoms with van der Waals surface area (Å²) in [7, 11) is 0. The molecule has 274 valence electrons. The van der Waals surface area contributed by atoms with Crippen molar-refractivity contribution < 1.29 is 4.42 Å². The molecular weight excluding hydrogens is 705 g/mol. The Hall–Kier alpha value is -7.36. The highest BCUT2D eigenvalue weighted by molar-refractivity contribution is 6.21. The van der Waals surface area contributed by atoms with Gasteiger partial charge in [0.25, 0.3) is 0 Å². The van der Waals surface area contributed by atoms with Crippen molar-refractivity contribution in [2.75, 3.05) is 4.90 Å². The maximum absolute atomic E-state index is 6.98. The van der Waals surface area contributed by atoms with Crippen LogP contribution in [0.15, 0.2) is 199 Å². The van der Waals surface area contributed by atoms with Gasteiger partial charge in [-0.15, -0.1) is 0 Å². The van der Waals surface area contributed by atoms with Crippen LogP contribution in [0, 0.1) is 0 Å². The van der Waals surface area contributed by atoms with Gasteiger partial charge in [-0.3, -0.25) is 0 Å². The van der Waals surface area contributed by atoms with E-state index in [1.807, 2.05) is 0 Å². The van der Waals surface area contributed by atoms with E-state index in [2.05, 4.69) is 217 Å². The van der Waals surface area contributed by atoms with E-state index in [4.69, 9.17) is 4.42 Å². The molecule has 0 saturated heterocycles. The summed E-state index contributed by atoms with van der Waals surface area (Å²) in [5.74, 6) is 0. The summed E-state index contributed by atoms with van der Waals surface area (Å²) >= 11 is 0. The molecule has 0 fully saturated rings.